The fourth-order valence-corrected chi connectivity index (χ4v) is 4.18. The van der Waals surface area contributed by atoms with E-state index in [2.05, 4.69) is 6.07 Å². The molecule has 3 rings (SSSR count). The third-order valence-corrected chi connectivity index (χ3v) is 6.93. The summed E-state index contributed by atoms with van der Waals surface area (Å²) in [7, 11) is -3.91. The molecule has 0 bridgehead atoms. The number of nitriles is 1. The first-order chi connectivity index (χ1) is 12.9. The van der Waals surface area contributed by atoms with Crippen LogP contribution in [0.4, 0.5) is 13.2 Å². The summed E-state index contributed by atoms with van der Waals surface area (Å²) in [5, 5.41) is 18.8. The van der Waals surface area contributed by atoms with Gasteiger partial charge in [-0.1, -0.05) is 24.3 Å². The fraction of sp³-hybridized carbons (Fsp3) is 0.350. The van der Waals surface area contributed by atoms with Crippen LogP contribution in [0.3, 0.4) is 0 Å². The Morgan fingerprint density at radius 1 is 1.04 bits per heavy atom. The van der Waals surface area contributed by atoms with Crippen LogP contribution in [0, 0.1) is 16.7 Å². The van der Waals surface area contributed by atoms with Crippen LogP contribution in [0.1, 0.15) is 30.9 Å². The standard InChI is InChI=1S/C20H18F3NO3S/c1-18(25,20(21,22)23)15-4-8-17(9-5-15)28(26,27)16-6-2-14(3-7-16)12-19(13-24)10-11-19/h2-9,25H,10-12H2,1H3. The summed E-state index contributed by atoms with van der Waals surface area (Å²) < 4.78 is 64.2. The monoisotopic (exact) mass is 409 g/mol. The lowest BCUT2D eigenvalue weighted by Gasteiger charge is -2.26. The molecule has 2 aromatic rings. The first-order valence-electron chi connectivity index (χ1n) is 8.56. The van der Waals surface area contributed by atoms with Crippen LogP contribution in [-0.4, -0.2) is 19.7 Å². The molecule has 148 valence electrons. The maximum absolute atomic E-state index is 12.9. The van der Waals surface area contributed by atoms with Gasteiger partial charge in [-0.2, -0.15) is 18.4 Å². The average molecular weight is 409 g/mol. The van der Waals surface area contributed by atoms with Gasteiger partial charge in [-0.3, -0.25) is 0 Å². The summed E-state index contributed by atoms with van der Waals surface area (Å²) in [6.07, 6.45) is -2.66. The predicted octanol–water partition coefficient (Wildman–Crippen LogP) is 4.14. The van der Waals surface area contributed by atoms with Crippen molar-refractivity contribution in [2.24, 2.45) is 5.41 Å². The average Bonchev–Trinajstić information content (AvgIpc) is 3.41. The van der Waals surface area contributed by atoms with E-state index >= 15 is 0 Å². The quantitative estimate of drug-likeness (QED) is 0.805. The SMILES string of the molecule is CC(O)(c1ccc(S(=O)(=O)c2ccc(CC3(C#N)CC3)cc2)cc1)C(F)(F)F. The third-order valence-electron chi connectivity index (χ3n) is 5.15. The Hall–Kier alpha value is -2.37. The minimum atomic E-state index is -4.88. The van der Waals surface area contributed by atoms with Crippen LogP contribution in [0.5, 0.6) is 0 Å². The Labute approximate surface area is 161 Å². The molecule has 1 N–H and O–H groups in total. The Kier molecular flexibility index (Phi) is 4.80. The minimum Gasteiger partial charge on any atom is -0.376 e. The smallest absolute Gasteiger partial charge is 0.376 e. The van der Waals surface area contributed by atoms with Crippen molar-refractivity contribution < 1.29 is 26.7 Å². The van der Waals surface area contributed by atoms with E-state index in [-0.39, 0.29) is 15.2 Å². The second-order valence-corrected chi connectivity index (χ2v) is 9.26. The van der Waals surface area contributed by atoms with Crippen LogP contribution in [-0.2, 0) is 21.9 Å². The molecule has 1 atom stereocenters. The molecule has 1 aliphatic carbocycles. The van der Waals surface area contributed by atoms with Crippen LogP contribution >= 0.6 is 0 Å². The molecule has 0 heterocycles. The van der Waals surface area contributed by atoms with E-state index in [4.69, 9.17) is 5.26 Å². The second kappa shape index (κ2) is 6.61. The lowest BCUT2D eigenvalue weighted by atomic mass is 9.96. The maximum atomic E-state index is 12.9. The molecule has 0 spiro atoms. The van der Waals surface area contributed by atoms with Gasteiger partial charge in [-0.25, -0.2) is 8.42 Å². The largest absolute Gasteiger partial charge is 0.421 e. The summed E-state index contributed by atoms with van der Waals surface area (Å²) in [5.74, 6) is 0. The summed E-state index contributed by atoms with van der Waals surface area (Å²) in [6, 6.07) is 12.4. The van der Waals surface area contributed by atoms with Crippen LogP contribution < -0.4 is 0 Å². The van der Waals surface area contributed by atoms with Crippen molar-refractivity contribution >= 4 is 9.84 Å². The van der Waals surface area contributed by atoms with Gasteiger partial charge in [0, 0.05) is 0 Å². The molecule has 0 saturated heterocycles. The molecule has 2 aromatic carbocycles. The lowest BCUT2D eigenvalue weighted by Crippen LogP contribution is -2.39. The minimum absolute atomic E-state index is 0.00776. The number of hydrogen-bond acceptors (Lipinski definition) is 4. The van der Waals surface area contributed by atoms with Gasteiger partial charge in [0.15, 0.2) is 5.60 Å². The molecule has 1 aliphatic rings. The molecule has 0 radical (unpaired) electrons. The van der Waals surface area contributed by atoms with Crippen molar-refractivity contribution in [1.82, 2.24) is 0 Å². The van der Waals surface area contributed by atoms with E-state index in [0.717, 1.165) is 42.7 Å². The first kappa shape index (κ1) is 20.4. The van der Waals surface area contributed by atoms with E-state index in [0.29, 0.717) is 13.3 Å². The zero-order valence-corrected chi connectivity index (χ0v) is 15.8. The normalized spacial score (nSPS) is 18.1. The summed E-state index contributed by atoms with van der Waals surface area (Å²) >= 11 is 0. The highest BCUT2D eigenvalue weighted by Gasteiger charge is 2.51. The number of halogens is 3. The fourth-order valence-electron chi connectivity index (χ4n) is 2.91. The Bertz CT molecular complexity index is 1010. The van der Waals surface area contributed by atoms with Gasteiger partial charge in [0.25, 0.3) is 0 Å². The molecule has 8 heteroatoms. The van der Waals surface area contributed by atoms with Crippen molar-refractivity contribution in [2.75, 3.05) is 0 Å². The van der Waals surface area contributed by atoms with Gasteiger partial charge in [0.2, 0.25) is 9.84 Å². The van der Waals surface area contributed by atoms with E-state index in [9.17, 15) is 26.7 Å². The molecular weight excluding hydrogens is 391 g/mol. The molecule has 0 amide bonds. The zero-order chi connectivity index (χ0) is 20.8. The number of benzene rings is 2. The summed E-state index contributed by atoms with van der Waals surface area (Å²) in [4.78, 5) is -0.161. The van der Waals surface area contributed by atoms with Gasteiger partial charge in [-0.15, -0.1) is 0 Å². The van der Waals surface area contributed by atoms with Crippen molar-refractivity contribution in [1.29, 1.82) is 5.26 Å². The Morgan fingerprint density at radius 3 is 1.89 bits per heavy atom. The van der Waals surface area contributed by atoms with Crippen molar-refractivity contribution in [3.8, 4) is 6.07 Å². The molecule has 1 fully saturated rings. The molecule has 1 unspecified atom stereocenters. The molecular formula is C20H18F3NO3S. The van der Waals surface area contributed by atoms with Gasteiger partial charge >= 0.3 is 6.18 Å². The highest BCUT2D eigenvalue weighted by molar-refractivity contribution is 7.91. The van der Waals surface area contributed by atoms with E-state index in [1.54, 1.807) is 12.1 Å². The van der Waals surface area contributed by atoms with Gasteiger partial charge in [-0.05, 0) is 61.6 Å². The summed E-state index contributed by atoms with van der Waals surface area (Å²) in [5.41, 5.74) is -3.00. The molecule has 28 heavy (non-hydrogen) atoms. The van der Waals surface area contributed by atoms with Gasteiger partial charge in [0.05, 0.1) is 21.3 Å². The highest BCUT2D eigenvalue weighted by Crippen LogP contribution is 2.47. The van der Waals surface area contributed by atoms with E-state index < -0.39 is 27.2 Å². The molecule has 4 nitrogen and oxygen atoms in total. The number of hydrogen-bond donors (Lipinski definition) is 1. The van der Waals surface area contributed by atoms with Crippen LogP contribution in [0.15, 0.2) is 58.3 Å². The van der Waals surface area contributed by atoms with Crippen molar-refractivity contribution in [3.05, 3.63) is 59.7 Å². The lowest BCUT2D eigenvalue weighted by molar-refractivity contribution is -0.258. The van der Waals surface area contributed by atoms with Crippen molar-refractivity contribution in [2.45, 2.75) is 47.8 Å². The number of alkyl halides is 3. The van der Waals surface area contributed by atoms with Gasteiger partial charge < -0.3 is 5.11 Å². The zero-order valence-electron chi connectivity index (χ0n) is 15.0. The van der Waals surface area contributed by atoms with Crippen LogP contribution in [0.25, 0.3) is 0 Å². The summed E-state index contributed by atoms with van der Waals surface area (Å²) in [6.45, 7) is 0.614. The topological polar surface area (TPSA) is 78.2 Å². The van der Waals surface area contributed by atoms with Crippen molar-refractivity contribution in [3.63, 3.8) is 0 Å². The van der Waals surface area contributed by atoms with E-state index in [1.165, 1.54) is 12.1 Å². The second-order valence-electron chi connectivity index (χ2n) is 7.31. The molecule has 1 saturated carbocycles. The number of nitrogens with zero attached hydrogens (tertiary/aromatic N) is 1. The molecule has 0 aromatic heterocycles. The number of sulfone groups is 1. The maximum Gasteiger partial charge on any atom is 0.421 e. The predicted molar refractivity (Wildman–Crippen MR) is 94.9 cm³/mol. The number of rotatable bonds is 5. The number of aliphatic hydroxyl groups is 1. The van der Waals surface area contributed by atoms with E-state index in [1.807, 2.05) is 0 Å². The third kappa shape index (κ3) is 3.64. The van der Waals surface area contributed by atoms with Crippen LogP contribution in [0.2, 0.25) is 0 Å². The molecule has 0 aliphatic heterocycles. The first-order valence-corrected chi connectivity index (χ1v) is 10.0. The Balaban J connectivity index is 1.84. The highest BCUT2D eigenvalue weighted by atomic mass is 32.2. The Morgan fingerprint density at radius 2 is 1.50 bits per heavy atom. The van der Waals surface area contributed by atoms with Gasteiger partial charge in [0.1, 0.15) is 0 Å².